The summed E-state index contributed by atoms with van der Waals surface area (Å²) in [6.07, 6.45) is 1.32. The predicted octanol–water partition coefficient (Wildman–Crippen LogP) is 5.98. The summed E-state index contributed by atoms with van der Waals surface area (Å²) in [5.41, 5.74) is 9.71. The highest BCUT2D eigenvalue weighted by Crippen LogP contribution is 2.39. The Morgan fingerprint density at radius 1 is 1.11 bits per heavy atom. The van der Waals surface area contributed by atoms with Gasteiger partial charge in [0.05, 0.1) is 11.4 Å². The third-order valence-electron chi connectivity index (χ3n) is 6.30. The Labute approximate surface area is 224 Å². The molecule has 4 rings (SSSR count). The molecule has 0 radical (unpaired) electrons. The summed E-state index contributed by atoms with van der Waals surface area (Å²) in [6, 6.07) is 19.6. The van der Waals surface area contributed by atoms with E-state index >= 15 is 0 Å². The smallest absolute Gasteiger partial charge is 0.410 e. The molecular formula is C30H36N4O4. The Morgan fingerprint density at radius 2 is 1.82 bits per heavy atom. The van der Waals surface area contributed by atoms with E-state index in [0.717, 1.165) is 29.5 Å². The van der Waals surface area contributed by atoms with Crippen LogP contribution in [0.2, 0.25) is 0 Å². The van der Waals surface area contributed by atoms with E-state index in [1.807, 2.05) is 81.4 Å². The molecule has 2 heterocycles. The highest BCUT2D eigenvalue weighted by Gasteiger charge is 2.30. The average Bonchev–Trinajstić information content (AvgIpc) is 2.88. The van der Waals surface area contributed by atoms with Gasteiger partial charge in [0.15, 0.2) is 5.82 Å². The number of carbonyl (C=O) groups is 2. The van der Waals surface area contributed by atoms with Crippen LogP contribution in [0.1, 0.15) is 57.6 Å². The van der Waals surface area contributed by atoms with Gasteiger partial charge in [-0.3, -0.25) is 4.79 Å². The SMILES string of the molecule is CC(=O)Nc1nc(-c2ccccc2OCc2ccccc2)cc(C2CCCN(C(=O)OC(C)(C)C)C2)c1N. The molecule has 1 fully saturated rings. The van der Waals surface area contributed by atoms with Gasteiger partial charge in [-0.2, -0.15) is 0 Å². The zero-order chi connectivity index (χ0) is 27.3. The molecule has 8 nitrogen and oxygen atoms in total. The van der Waals surface area contributed by atoms with Crippen molar-refractivity contribution >= 4 is 23.5 Å². The van der Waals surface area contributed by atoms with E-state index in [-0.39, 0.29) is 17.9 Å². The number of hydrogen-bond donors (Lipinski definition) is 2. The van der Waals surface area contributed by atoms with Crippen molar-refractivity contribution in [2.45, 2.75) is 58.7 Å². The molecule has 1 aliphatic rings. The number of rotatable bonds is 6. The monoisotopic (exact) mass is 516 g/mol. The van der Waals surface area contributed by atoms with Crippen LogP contribution < -0.4 is 15.8 Å². The molecule has 1 aromatic heterocycles. The molecule has 0 aliphatic carbocycles. The number of aromatic nitrogens is 1. The second kappa shape index (κ2) is 11.5. The molecule has 1 atom stereocenters. The summed E-state index contributed by atoms with van der Waals surface area (Å²) in [7, 11) is 0. The number of pyridine rings is 1. The van der Waals surface area contributed by atoms with Crippen LogP contribution in [0.25, 0.3) is 11.3 Å². The van der Waals surface area contributed by atoms with Crippen LogP contribution in [-0.4, -0.2) is 40.6 Å². The van der Waals surface area contributed by atoms with Crippen molar-refractivity contribution in [3.8, 4) is 17.0 Å². The van der Waals surface area contributed by atoms with E-state index in [2.05, 4.69) is 5.32 Å². The summed E-state index contributed by atoms with van der Waals surface area (Å²) in [6.45, 7) is 8.50. The molecule has 8 heteroatoms. The summed E-state index contributed by atoms with van der Waals surface area (Å²) in [4.78, 5) is 31.2. The molecule has 1 saturated heterocycles. The van der Waals surface area contributed by atoms with Crippen molar-refractivity contribution in [3.63, 3.8) is 0 Å². The van der Waals surface area contributed by atoms with Gasteiger partial charge in [0.1, 0.15) is 18.0 Å². The summed E-state index contributed by atoms with van der Waals surface area (Å²) < 4.78 is 11.8. The number of piperidine rings is 1. The molecule has 1 aliphatic heterocycles. The van der Waals surface area contributed by atoms with Crippen molar-refractivity contribution < 1.29 is 19.1 Å². The lowest BCUT2D eigenvalue weighted by Crippen LogP contribution is -2.42. The Balaban J connectivity index is 1.68. The van der Waals surface area contributed by atoms with Crippen molar-refractivity contribution in [2.24, 2.45) is 0 Å². The van der Waals surface area contributed by atoms with Crippen LogP contribution in [-0.2, 0) is 16.1 Å². The molecule has 0 saturated carbocycles. The highest BCUT2D eigenvalue weighted by molar-refractivity contribution is 5.92. The molecule has 200 valence electrons. The van der Waals surface area contributed by atoms with Gasteiger partial charge < -0.3 is 25.4 Å². The maximum atomic E-state index is 12.8. The van der Waals surface area contributed by atoms with E-state index in [9.17, 15) is 9.59 Å². The number of hydrogen-bond acceptors (Lipinski definition) is 6. The number of amides is 2. The third kappa shape index (κ3) is 6.82. The zero-order valence-corrected chi connectivity index (χ0v) is 22.5. The number of benzene rings is 2. The third-order valence-corrected chi connectivity index (χ3v) is 6.30. The molecule has 1 unspecified atom stereocenters. The van der Waals surface area contributed by atoms with Crippen LogP contribution in [0.15, 0.2) is 60.7 Å². The minimum atomic E-state index is -0.574. The first kappa shape index (κ1) is 27.0. The number of nitrogens with zero attached hydrogens (tertiary/aromatic N) is 2. The van der Waals surface area contributed by atoms with Crippen molar-refractivity contribution in [1.82, 2.24) is 9.88 Å². The van der Waals surface area contributed by atoms with Crippen LogP contribution in [0, 0.1) is 0 Å². The predicted molar refractivity (Wildman–Crippen MR) is 149 cm³/mol. The number of nitrogens with one attached hydrogen (secondary N) is 1. The molecule has 3 aromatic rings. The lowest BCUT2D eigenvalue weighted by molar-refractivity contribution is -0.114. The summed E-state index contributed by atoms with van der Waals surface area (Å²) in [5, 5.41) is 2.78. The lowest BCUT2D eigenvalue weighted by atomic mass is 9.89. The van der Waals surface area contributed by atoms with Gasteiger partial charge in [0, 0.05) is 31.5 Å². The van der Waals surface area contributed by atoms with E-state index in [0.29, 0.717) is 42.6 Å². The van der Waals surface area contributed by atoms with Crippen molar-refractivity contribution in [3.05, 3.63) is 71.8 Å². The fourth-order valence-electron chi connectivity index (χ4n) is 4.58. The molecule has 2 amide bonds. The molecule has 0 spiro atoms. The molecule has 38 heavy (non-hydrogen) atoms. The number of anilines is 2. The van der Waals surface area contributed by atoms with Gasteiger partial charge in [-0.05, 0) is 62.9 Å². The maximum Gasteiger partial charge on any atom is 0.410 e. The largest absolute Gasteiger partial charge is 0.488 e. The van der Waals surface area contributed by atoms with Gasteiger partial charge in [0.2, 0.25) is 5.91 Å². The molecule has 0 bridgehead atoms. The van der Waals surface area contributed by atoms with Crippen LogP contribution in [0.5, 0.6) is 5.75 Å². The fraction of sp³-hybridized carbons (Fsp3) is 0.367. The lowest BCUT2D eigenvalue weighted by Gasteiger charge is -2.35. The van der Waals surface area contributed by atoms with E-state index < -0.39 is 5.60 Å². The van der Waals surface area contributed by atoms with E-state index in [1.54, 1.807) is 4.90 Å². The normalized spacial score (nSPS) is 15.6. The number of carbonyl (C=O) groups excluding carboxylic acids is 2. The van der Waals surface area contributed by atoms with Gasteiger partial charge in [0.25, 0.3) is 0 Å². The molecule has 2 aromatic carbocycles. The zero-order valence-electron chi connectivity index (χ0n) is 22.5. The maximum absolute atomic E-state index is 12.8. The quantitative estimate of drug-likeness (QED) is 0.417. The summed E-state index contributed by atoms with van der Waals surface area (Å²) in [5.74, 6) is 0.674. The molecule has 3 N–H and O–H groups in total. The Kier molecular flexibility index (Phi) is 8.20. The molecular weight excluding hydrogens is 480 g/mol. The topological polar surface area (TPSA) is 107 Å². The van der Waals surface area contributed by atoms with Crippen molar-refractivity contribution in [1.29, 1.82) is 0 Å². The Morgan fingerprint density at radius 3 is 2.53 bits per heavy atom. The second-order valence-electron chi connectivity index (χ2n) is 10.6. The van der Waals surface area contributed by atoms with E-state index in [1.165, 1.54) is 6.92 Å². The number of nitrogen functional groups attached to an aromatic ring is 1. The minimum absolute atomic E-state index is 0.0390. The van der Waals surface area contributed by atoms with Gasteiger partial charge in [-0.15, -0.1) is 0 Å². The number of ether oxygens (including phenoxy) is 2. The highest BCUT2D eigenvalue weighted by atomic mass is 16.6. The van der Waals surface area contributed by atoms with Crippen LogP contribution in [0.3, 0.4) is 0 Å². The average molecular weight is 517 g/mol. The van der Waals surface area contributed by atoms with Gasteiger partial charge >= 0.3 is 6.09 Å². The summed E-state index contributed by atoms with van der Waals surface area (Å²) >= 11 is 0. The Hall–Kier alpha value is -4.07. The second-order valence-corrected chi connectivity index (χ2v) is 10.6. The first-order chi connectivity index (χ1) is 18.1. The van der Waals surface area contributed by atoms with Crippen LogP contribution >= 0.6 is 0 Å². The fourth-order valence-corrected chi connectivity index (χ4v) is 4.58. The first-order valence-corrected chi connectivity index (χ1v) is 12.9. The Bertz CT molecular complexity index is 1290. The van der Waals surface area contributed by atoms with Gasteiger partial charge in [-0.25, -0.2) is 9.78 Å². The minimum Gasteiger partial charge on any atom is -0.488 e. The first-order valence-electron chi connectivity index (χ1n) is 12.9. The standard InChI is InChI=1S/C30H36N4O4/c1-20(35)32-28-27(31)24(22-13-10-16-34(18-22)29(36)38-30(2,3)4)17-25(33-28)23-14-8-9-15-26(23)37-19-21-11-6-5-7-12-21/h5-9,11-12,14-15,17,22H,10,13,16,18-19,31H2,1-4H3,(H,32,33,35). The number of nitrogens with two attached hydrogens (primary N) is 1. The number of likely N-dealkylation sites (tertiary alicyclic amines) is 1. The number of para-hydroxylation sites is 1. The van der Waals surface area contributed by atoms with Crippen LogP contribution in [0.4, 0.5) is 16.3 Å². The van der Waals surface area contributed by atoms with E-state index in [4.69, 9.17) is 20.2 Å². The van der Waals surface area contributed by atoms with Gasteiger partial charge in [-0.1, -0.05) is 42.5 Å². The van der Waals surface area contributed by atoms with Crippen molar-refractivity contribution in [2.75, 3.05) is 24.1 Å².